The summed E-state index contributed by atoms with van der Waals surface area (Å²) in [7, 11) is 1.66. The maximum Gasteiger partial charge on any atom is 0.141 e. The normalized spacial score (nSPS) is 10.2. The number of methoxy groups -OCH3 is 1. The average Bonchev–Trinajstić information content (AvgIpc) is 2.36. The Kier molecular flexibility index (Phi) is 3.69. The number of benzene rings is 2. The first-order valence-electron chi connectivity index (χ1n) is 5.27. The second kappa shape index (κ2) is 5.23. The Bertz CT molecular complexity index is 549. The molecule has 0 spiro atoms. The Morgan fingerprint density at radius 2 is 2.00 bits per heavy atom. The molecule has 2 aromatic rings. The van der Waals surface area contributed by atoms with Gasteiger partial charge < -0.3 is 9.47 Å². The second-order valence-corrected chi connectivity index (χ2v) is 4.39. The van der Waals surface area contributed by atoms with Crippen molar-refractivity contribution >= 4 is 26.7 Å². The van der Waals surface area contributed by atoms with Crippen LogP contribution in [0.4, 0.5) is 0 Å². The molecule has 3 heteroatoms. The van der Waals surface area contributed by atoms with Crippen molar-refractivity contribution in [2.45, 2.75) is 0 Å². The van der Waals surface area contributed by atoms with Crippen molar-refractivity contribution in [3.63, 3.8) is 0 Å². The number of rotatable bonds is 4. The van der Waals surface area contributed by atoms with Crippen LogP contribution in [0.5, 0.6) is 11.5 Å². The summed E-state index contributed by atoms with van der Waals surface area (Å²) in [6.07, 6.45) is 1.73. The lowest BCUT2D eigenvalue weighted by molar-refractivity contribution is 0.366. The van der Waals surface area contributed by atoms with E-state index in [-0.39, 0.29) is 0 Å². The number of hydrogen-bond donors (Lipinski definition) is 0. The summed E-state index contributed by atoms with van der Waals surface area (Å²) in [4.78, 5) is 0. The molecule has 0 aromatic heterocycles. The number of hydrogen-bond acceptors (Lipinski definition) is 2. The molecule has 0 aliphatic carbocycles. The van der Waals surface area contributed by atoms with Crippen LogP contribution >= 0.6 is 15.9 Å². The minimum absolute atomic E-state index is 0.489. The number of halogens is 1. The molecule has 2 rings (SSSR count). The van der Waals surface area contributed by atoms with E-state index in [0.29, 0.717) is 6.61 Å². The van der Waals surface area contributed by atoms with E-state index in [4.69, 9.17) is 9.47 Å². The van der Waals surface area contributed by atoms with Crippen molar-refractivity contribution in [3.05, 3.63) is 47.5 Å². The predicted octanol–water partition coefficient (Wildman–Crippen LogP) is 4.18. The zero-order valence-electron chi connectivity index (χ0n) is 9.57. The molecule has 0 radical (unpaired) electrons. The fourth-order valence-electron chi connectivity index (χ4n) is 1.76. The first-order valence-corrected chi connectivity index (χ1v) is 6.06. The van der Waals surface area contributed by atoms with Crippen LogP contribution in [-0.4, -0.2) is 13.7 Å². The molecule has 0 atom stereocenters. The highest BCUT2D eigenvalue weighted by Crippen LogP contribution is 2.39. The summed E-state index contributed by atoms with van der Waals surface area (Å²) in [5, 5.41) is 2.07. The molecule has 17 heavy (non-hydrogen) atoms. The topological polar surface area (TPSA) is 18.5 Å². The van der Waals surface area contributed by atoms with Gasteiger partial charge in [-0.05, 0) is 22.0 Å². The fourth-order valence-corrected chi connectivity index (χ4v) is 2.34. The monoisotopic (exact) mass is 292 g/mol. The highest BCUT2D eigenvalue weighted by Gasteiger charge is 2.11. The van der Waals surface area contributed by atoms with Gasteiger partial charge in [0.25, 0.3) is 0 Å². The van der Waals surface area contributed by atoms with Gasteiger partial charge >= 0.3 is 0 Å². The molecule has 0 unspecified atom stereocenters. The third-order valence-corrected chi connectivity index (χ3v) is 3.06. The number of ether oxygens (including phenoxy) is 2. The van der Waals surface area contributed by atoms with Crippen molar-refractivity contribution in [1.29, 1.82) is 0 Å². The van der Waals surface area contributed by atoms with Crippen molar-refractivity contribution < 1.29 is 9.47 Å². The molecule has 0 saturated heterocycles. The van der Waals surface area contributed by atoms with Gasteiger partial charge in [0.2, 0.25) is 0 Å². The Labute approximate surface area is 109 Å². The van der Waals surface area contributed by atoms with Crippen LogP contribution in [0.3, 0.4) is 0 Å². The van der Waals surface area contributed by atoms with E-state index in [1.54, 1.807) is 13.2 Å². The highest BCUT2D eigenvalue weighted by molar-refractivity contribution is 9.10. The molecule has 0 saturated carbocycles. The van der Waals surface area contributed by atoms with Gasteiger partial charge in [-0.15, -0.1) is 0 Å². The summed E-state index contributed by atoms with van der Waals surface area (Å²) in [5.74, 6) is 1.65. The quantitative estimate of drug-likeness (QED) is 0.787. The van der Waals surface area contributed by atoms with Crippen LogP contribution in [0.25, 0.3) is 10.8 Å². The van der Waals surface area contributed by atoms with Crippen LogP contribution in [-0.2, 0) is 0 Å². The minimum atomic E-state index is 0.489. The first-order chi connectivity index (χ1) is 8.27. The molecule has 0 fully saturated rings. The maximum atomic E-state index is 5.65. The minimum Gasteiger partial charge on any atom is -0.495 e. The third kappa shape index (κ3) is 2.29. The third-order valence-electron chi connectivity index (χ3n) is 2.47. The summed E-state index contributed by atoms with van der Waals surface area (Å²) < 4.78 is 11.9. The van der Waals surface area contributed by atoms with Crippen molar-refractivity contribution in [1.82, 2.24) is 0 Å². The van der Waals surface area contributed by atoms with E-state index in [9.17, 15) is 0 Å². The zero-order chi connectivity index (χ0) is 12.3. The average molecular weight is 293 g/mol. The van der Waals surface area contributed by atoms with E-state index in [1.807, 2.05) is 30.3 Å². The SMILES string of the molecule is C=CCOc1cc(Br)c(OC)c2ccccc12. The highest BCUT2D eigenvalue weighted by atomic mass is 79.9. The van der Waals surface area contributed by atoms with E-state index >= 15 is 0 Å². The molecular weight excluding hydrogens is 280 g/mol. The Balaban J connectivity index is 2.65. The van der Waals surface area contributed by atoms with Gasteiger partial charge in [0.05, 0.1) is 11.6 Å². The van der Waals surface area contributed by atoms with E-state index < -0.39 is 0 Å². The van der Waals surface area contributed by atoms with Crippen molar-refractivity contribution in [3.8, 4) is 11.5 Å². The summed E-state index contributed by atoms with van der Waals surface area (Å²) in [6.45, 7) is 4.14. The van der Waals surface area contributed by atoms with E-state index in [1.165, 1.54) is 0 Å². The predicted molar refractivity (Wildman–Crippen MR) is 73.9 cm³/mol. The van der Waals surface area contributed by atoms with E-state index in [2.05, 4.69) is 22.5 Å². The van der Waals surface area contributed by atoms with Crippen LogP contribution in [0.15, 0.2) is 47.5 Å². The van der Waals surface area contributed by atoms with Gasteiger partial charge in [0.1, 0.15) is 18.1 Å². The van der Waals surface area contributed by atoms with Gasteiger partial charge in [-0.2, -0.15) is 0 Å². The molecule has 0 bridgehead atoms. The number of fused-ring (bicyclic) bond motifs is 1. The fraction of sp³-hybridized carbons (Fsp3) is 0.143. The summed E-state index contributed by atoms with van der Waals surface area (Å²) in [6, 6.07) is 9.91. The maximum absolute atomic E-state index is 5.65. The largest absolute Gasteiger partial charge is 0.495 e. The molecular formula is C14H13BrO2. The first kappa shape index (κ1) is 12.0. The molecule has 0 aliphatic rings. The van der Waals surface area contributed by atoms with E-state index in [0.717, 1.165) is 26.7 Å². The summed E-state index contributed by atoms with van der Waals surface area (Å²) >= 11 is 3.49. The van der Waals surface area contributed by atoms with Crippen LogP contribution in [0.2, 0.25) is 0 Å². The molecule has 0 heterocycles. The molecule has 0 aliphatic heterocycles. The Morgan fingerprint density at radius 1 is 1.29 bits per heavy atom. The van der Waals surface area contributed by atoms with Crippen LogP contribution in [0, 0.1) is 0 Å². The standard InChI is InChI=1S/C14H13BrO2/c1-3-8-17-13-9-12(15)14(16-2)11-7-5-4-6-10(11)13/h3-7,9H,1,8H2,2H3. The molecule has 2 nitrogen and oxygen atoms in total. The lowest BCUT2D eigenvalue weighted by Gasteiger charge is -2.12. The summed E-state index contributed by atoms with van der Waals surface area (Å²) in [5.41, 5.74) is 0. The van der Waals surface area contributed by atoms with Gasteiger partial charge in [0, 0.05) is 10.8 Å². The van der Waals surface area contributed by atoms with Crippen LogP contribution in [0.1, 0.15) is 0 Å². The van der Waals surface area contributed by atoms with Gasteiger partial charge in [-0.3, -0.25) is 0 Å². The lowest BCUT2D eigenvalue weighted by atomic mass is 10.1. The van der Waals surface area contributed by atoms with Gasteiger partial charge in [-0.1, -0.05) is 36.9 Å². The molecule has 0 amide bonds. The smallest absolute Gasteiger partial charge is 0.141 e. The Hall–Kier alpha value is -1.48. The van der Waals surface area contributed by atoms with Crippen LogP contribution < -0.4 is 9.47 Å². The second-order valence-electron chi connectivity index (χ2n) is 3.54. The van der Waals surface area contributed by atoms with Crippen molar-refractivity contribution in [2.75, 3.05) is 13.7 Å². The molecule has 88 valence electrons. The molecule has 0 N–H and O–H groups in total. The lowest BCUT2D eigenvalue weighted by Crippen LogP contribution is -1.95. The van der Waals surface area contributed by atoms with Gasteiger partial charge in [-0.25, -0.2) is 0 Å². The zero-order valence-corrected chi connectivity index (χ0v) is 11.2. The molecule has 2 aromatic carbocycles. The Morgan fingerprint density at radius 3 is 2.65 bits per heavy atom. The van der Waals surface area contributed by atoms with Crippen molar-refractivity contribution in [2.24, 2.45) is 0 Å². The van der Waals surface area contributed by atoms with Gasteiger partial charge in [0.15, 0.2) is 0 Å².